The van der Waals surface area contributed by atoms with Crippen molar-refractivity contribution >= 4 is 22.4 Å². The van der Waals surface area contributed by atoms with Gasteiger partial charge in [-0.25, -0.2) is 9.97 Å². The number of hydrogen-bond acceptors (Lipinski definition) is 5. The smallest absolute Gasteiger partial charge is 0.137 e. The number of ether oxygens (including phenoxy) is 1. The van der Waals surface area contributed by atoms with Crippen LogP contribution in [0.3, 0.4) is 0 Å². The topological polar surface area (TPSA) is 73.1 Å². The van der Waals surface area contributed by atoms with Gasteiger partial charge in [-0.3, -0.25) is 0 Å². The van der Waals surface area contributed by atoms with Crippen molar-refractivity contribution in [3.05, 3.63) is 54.4 Å². The predicted molar refractivity (Wildman–Crippen MR) is 105 cm³/mol. The lowest BCUT2D eigenvalue weighted by atomic mass is 10.1. The molecule has 5 heteroatoms. The summed E-state index contributed by atoms with van der Waals surface area (Å²) in [5, 5.41) is 4.35. The van der Waals surface area contributed by atoms with Crippen molar-refractivity contribution in [1.82, 2.24) is 9.97 Å². The van der Waals surface area contributed by atoms with E-state index in [9.17, 15) is 0 Å². The Morgan fingerprint density at radius 3 is 2.65 bits per heavy atom. The second kappa shape index (κ2) is 7.60. The van der Waals surface area contributed by atoms with Crippen LogP contribution in [0.15, 0.2) is 48.8 Å². The average molecular weight is 348 g/mol. The maximum Gasteiger partial charge on any atom is 0.137 e. The Morgan fingerprint density at radius 2 is 1.85 bits per heavy atom. The Morgan fingerprint density at radius 1 is 1.04 bits per heavy atom. The molecule has 1 saturated carbocycles. The van der Waals surface area contributed by atoms with Gasteiger partial charge in [-0.2, -0.15) is 0 Å². The number of fused-ring (bicyclic) bond motifs is 1. The first-order valence-corrected chi connectivity index (χ1v) is 9.28. The number of nitrogens with zero attached hydrogens (tertiary/aromatic N) is 2. The molecule has 1 fully saturated rings. The van der Waals surface area contributed by atoms with E-state index in [2.05, 4.69) is 39.6 Å². The number of anilines is 2. The Bertz CT molecular complexity index is 873. The molecule has 0 amide bonds. The number of nitrogen functional groups attached to an aromatic ring is 1. The largest absolute Gasteiger partial charge is 0.490 e. The molecule has 26 heavy (non-hydrogen) atoms. The summed E-state index contributed by atoms with van der Waals surface area (Å²) in [5.74, 6) is 1.80. The highest BCUT2D eigenvalue weighted by molar-refractivity contribution is 5.91. The van der Waals surface area contributed by atoms with Crippen LogP contribution in [0.5, 0.6) is 5.75 Å². The van der Waals surface area contributed by atoms with Crippen LogP contribution >= 0.6 is 0 Å². The molecule has 0 unspecified atom stereocenters. The number of rotatable bonds is 6. The van der Waals surface area contributed by atoms with Crippen molar-refractivity contribution in [3.63, 3.8) is 0 Å². The number of nitrogens with one attached hydrogen (secondary N) is 1. The molecule has 5 nitrogen and oxygen atoms in total. The summed E-state index contributed by atoms with van der Waals surface area (Å²) in [6.07, 6.45) is 7.84. The quantitative estimate of drug-likeness (QED) is 0.654. The average Bonchev–Trinajstić information content (AvgIpc) is 3.16. The molecule has 0 radical (unpaired) electrons. The van der Waals surface area contributed by atoms with Crippen molar-refractivity contribution in [3.8, 4) is 5.75 Å². The minimum Gasteiger partial charge on any atom is -0.490 e. The van der Waals surface area contributed by atoms with Gasteiger partial charge in [-0.15, -0.1) is 0 Å². The molecule has 2 aromatic carbocycles. The van der Waals surface area contributed by atoms with Crippen LogP contribution in [0, 0.1) is 0 Å². The van der Waals surface area contributed by atoms with Crippen molar-refractivity contribution in [1.29, 1.82) is 0 Å². The highest BCUT2D eigenvalue weighted by Crippen LogP contribution is 2.24. The second-order valence-electron chi connectivity index (χ2n) is 6.84. The lowest BCUT2D eigenvalue weighted by Gasteiger charge is -2.13. The van der Waals surface area contributed by atoms with Crippen LogP contribution in [-0.4, -0.2) is 22.6 Å². The van der Waals surface area contributed by atoms with E-state index in [1.54, 1.807) is 6.33 Å². The van der Waals surface area contributed by atoms with Crippen LogP contribution in [0.4, 0.5) is 11.5 Å². The number of nitrogens with two attached hydrogens (primary N) is 1. The first-order valence-electron chi connectivity index (χ1n) is 9.28. The van der Waals surface area contributed by atoms with E-state index in [1.165, 1.54) is 31.2 Å². The van der Waals surface area contributed by atoms with Crippen molar-refractivity contribution in [2.45, 2.75) is 38.2 Å². The fraction of sp³-hybridized carbons (Fsp3) is 0.333. The molecule has 4 rings (SSSR count). The minimum absolute atomic E-state index is 0.404. The molecule has 134 valence electrons. The van der Waals surface area contributed by atoms with Gasteiger partial charge >= 0.3 is 0 Å². The molecule has 3 aromatic rings. The van der Waals surface area contributed by atoms with Gasteiger partial charge in [-0.1, -0.05) is 12.1 Å². The van der Waals surface area contributed by atoms with Crippen molar-refractivity contribution in [2.75, 3.05) is 17.6 Å². The van der Waals surface area contributed by atoms with Crippen LogP contribution in [0.1, 0.15) is 31.2 Å². The molecule has 0 spiro atoms. The molecule has 1 aromatic heterocycles. The zero-order valence-corrected chi connectivity index (χ0v) is 14.8. The number of aromatic nitrogens is 2. The van der Waals surface area contributed by atoms with E-state index in [0.717, 1.165) is 35.4 Å². The molecule has 0 saturated heterocycles. The summed E-state index contributed by atoms with van der Waals surface area (Å²) in [6.45, 7) is 0.795. The summed E-state index contributed by atoms with van der Waals surface area (Å²) in [7, 11) is 0. The van der Waals surface area contributed by atoms with Crippen LogP contribution in [-0.2, 0) is 6.42 Å². The van der Waals surface area contributed by atoms with E-state index in [1.807, 2.05) is 18.2 Å². The molecule has 0 bridgehead atoms. The Kier molecular flexibility index (Phi) is 4.86. The lowest BCUT2D eigenvalue weighted by molar-refractivity contribution is 0.210. The Labute approximate surface area is 153 Å². The second-order valence-corrected chi connectivity index (χ2v) is 6.84. The number of benzene rings is 2. The van der Waals surface area contributed by atoms with Gasteiger partial charge in [-0.05, 0) is 68.0 Å². The summed E-state index contributed by atoms with van der Waals surface area (Å²) in [5.41, 5.74) is 8.77. The lowest BCUT2D eigenvalue weighted by Crippen LogP contribution is -2.11. The molecule has 3 N–H and O–H groups in total. The van der Waals surface area contributed by atoms with Gasteiger partial charge in [0.15, 0.2) is 0 Å². The zero-order valence-electron chi connectivity index (χ0n) is 14.8. The Balaban J connectivity index is 1.35. The van der Waals surface area contributed by atoms with Gasteiger partial charge in [0.2, 0.25) is 0 Å². The molecular formula is C21H24N4O. The molecular weight excluding hydrogens is 324 g/mol. The molecule has 1 aliphatic carbocycles. The van der Waals surface area contributed by atoms with E-state index >= 15 is 0 Å². The van der Waals surface area contributed by atoms with E-state index in [4.69, 9.17) is 10.5 Å². The van der Waals surface area contributed by atoms with Crippen LogP contribution in [0.25, 0.3) is 10.9 Å². The SMILES string of the molecule is Nc1ccc2ncnc(NCCc3ccc(OC4CCCC4)cc3)c2c1. The highest BCUT2D eigenvalue weighted by atomic mass is 16.5. The molecule has 1 aliphatic rings. The van der Waals surface area contributed by atoms with E-state index in [-0.39, 0.29) is 0 Å². The third-order valence-electron chi connectivity index (χ3n) is 4.89. The highest BCUT2D eigenvalue weighted by Gasteiger charge is 2.16. The van der Waals surface area contributed by atoms with Gasteiger partial charge in [0.1, 0.15) is 17.9 Å². The first kappa shape index (κ1) is 16.6. The van der Waals surface area contributed by atoms with Gasteiger partial charge in [0.05, 0.1) is 11.6 Å². The molecule has 1 heterocycles. The third kappa shape index (κ3) is 3.87. The fourth-order valence-corrected chi connectivity index (χ4v) is 3.47. The minimum atomic E-state index is 0.404. The summed E-state index contributed by atoms with van der Waals surface area (Å²) >= 11 is 0. The summed E-state index contributed by atoms with van der Waals surface area (Å²) < 4.78 is 6.02. The first-order chi connectivity index (χ1) is 12.8. The van der Waals surface area contributed by atoms with Crippen molar-refractivity contribution < 1.29 is 4.74 Å². The number of hydrogen-bond donors (Lipinski definition) is 2. The Hall–Kier alpha value is -2.82. The van der Waals surface area contributed by atoms with E-state index < -0.39 is 0 Å². The van der Waals surface area contributed by atoms with Gasteiger partial charge in [0.25, 0.3) is 0 Å². The predicted octanol–water partition coefficient (Wildman–Crippen LogP) is 4.19. The maximum atomic E-state index is 6.02. The molecule has 0 atom stereocenters. The third-order valence-corrected chi connectivity index (χ3v) is 4.89. The van der Waals surface area contributed by atoms with Crippen LogP contribution < -0.4 is 15.8 Å². The standard InChI is InChI=1S/C21H24N4O/c22-16-7-10-20-19(13-16)21(25-14-24-20)23-12-11-15-5-8-18(9-6-15)26-17-3-1-2-4-17/h5-10,13-14,17H,1-4,11-12,22H2,(H,23,24,25). The normalized spacial score (nSPS) is 14.6. The summed E-state index contributed by atoms with van der Waals surface area (Å²) in [4.78, 5) is 8.63. The monoisotopic (exact) mass is 348 g/mol. The summed E-state index contributed by atoms with van der Waals surface area (Å²) in [6, 6.07) is 14.1. The van der Waals surface area contributed by atoms with Gasteiger partial charge in [0, 0.05) is 17.6 Å². The van der Waals surface area contributed by atoms with E-state index in [0.29, 0.717) is 11.8 Å². The van der Waals surface area contributed by atoms with Gasteiger partial charge < -0.3 is 15.8 Å². The maximum absolute atomic E-state index is 6.02. The zero-order chi connectivity index (χ0) is 17.8. The molecule has 0 aliphatic heterocycles. The fourth-order valence-electron chi connectivity index (χ4n) is 3.47. The van der Waals surface area contributed by atoms with Crippen LogP contribution in [0.2, 0.25) is 0 Å². The van der Waals surface area contributed by atoms with Crippen molar-refractivity contribution in [2.24, 2.45) is 0 Å².